The predicted molar refractivity (Wildman–Crippen MR) is 60.5 cm³/mol. The summed E-state index contributed by atoms with van der Waals surface area (Å²) >= 11 is 3.35. The summed E-state index contributed by atoms with van der Waals surface area (Å²) in [5.74, 6) is -0.957. The first kappa shape index (κ1) is 11.3. The first-order valence-electron chi connectivity index (χ1n) is 4.84. The van der Waals surface area contributed by atoms with Crippen molar-refractivity contribution >= 4 is 27.9 Å². The van der Waals surface area contributed by atoms with E-state index in [0.29, 0.717) is 6.54 Å². The average Bonchev–Trinajstić information content (AvgIpc) is 2.20. The lowest BCUT2D eigenvalue weighted by Gasteiger charge is -2.23. The molecule has 0 amide bonds. The lowest BCUT2D eigenvalue weighted by Crippen LogP contribution is -2.42. The standard InChI is InChI=1S/C11H10BrNO3/c12-9-3-1-8(2-4-9)5-13-6-10(14)16-11(15)7-13/h1-4H,5-7H2. The van der Waals surface area contributed by atoms with Crippen molar-refractivity contribution in [2.75, 3.05) is 13.1 Å². The number of esters is 2. The van der Waals surface area contributed by atoms with Gasteiger partial charge in [-0.1, -0.05) is 28.1 Å². The van der Waals surface area contributed by atoms with Gasteiger partial charge in [0.1, 0.15) is 0 Å². The fourth-order valence-corrected chi connectivity index (χ4v) is 1.84. The van der Waals surface area contributed by atoms with Crippen molar-refractivity contribution in [1.29, 1.82) is 0 Å². The van der Waals surface area contributed by atoms with Gasteiger partial charge in [0.15, 0.2) is 0 Å². The van der Waals surface area contributed by atoms with E-state index in [4.69, 9.17) is 0 Å². The molecule has 5 heteroatoms. The van der Waals surface area contributed by atoms with E-state index in [0.717, 1.165) is 10.0 Å². The molecule has 1 aliphatic heterocycles. The fraction of sp³-hybridized carbons (Fsp3) is 0.273. The molecule has 16 heavy (non-hydrogen) atoms. The Hall–Kier alpha value is -1.20. The Kier molecular flexibility index (Phi) is 3.36. The van der Waals surface area contributed by atoms with Crippen LogP contribution in [0.25, 0.3) is 0 Å². The highest BCUT2D eigenvalue weighted by molar-refractivity contribution is 9.10. The van der Waals surface area contributed by atoms with E-state index in [9.17, 15) is 9.59 Å². The van der Waals surface area contributed by atoms with Gasteiger partial charge in [0, 0.05) is 11.0 Å². The normalized spacial score (nSPS) is 17.3. The second-order valence-corrected chi connectivity index (χ2v) is 4.53. The number of morpholine rings is 1. The van der Waals surface area contributed by atoms with Gasteiger partial charge in [-0.05, 0) is 17.7 Å². The number of cyclic esters (lactones) is 2. The smallest absolute Gasteiger partial charge is 0.327 e. The van der Waals surface area contributed by atoms with Crippen LogP contribution in [0.4, 0.5) is 0 Å². The molecule has 1 aromatic carbocycles. The summed E-state index contributed by atoms with van der Waals surface area (Å²) in [7, 11) is 0. The summed E-state index contributed by atoms with van der Waals surface area (Å²) in [6.07, 6.45) is 0. The van der Waals surface area contributed by atoms with Gasteiger partial charge >= 0.3 is 11.9 Å². The summed E-state index contributed by atoms with van der Waals surface area (Å²) in [4.78, 5) is 23.8. The van der Waals surface area contributed by atoms with Gasteiger partial charge < -0.3 is 4.74 Å². The number of rotatable bonds is 2. The minimum Gasteiger partial charge on any atom is -0.391 e. The Balaban J connectivity index is 2.01. The van der Waals surface area contributed by atoms with Crippen LogP contribution in [0.3, 0.4) is 0 Å². The third kappa shape index (κ3) is 2.90. The molecule has 1 aromatic rings. The molecule has 1 fully saturated rings. The SMILES string of the molecule is O=C1CN(Cc2ccc(Br)cc2)CC(=O)O1. The van der Waals surface area contributed by atoms with Crippen molar-refractivity contribution < 1.29 is 14.3 Å². The van der Waals surface area contributed by atoms with E-state index in [1.807, 2.05) is 24.3 Å². The zero-order chi connectivity index (χ0) is 11.5. The van der Waals surface area contributed by atoms with Crippen molar-refractivity contribution in [3.63, 3.8) is 0 Å². The van der Waals surface area contributed by atoms with Crippen LogP contribution in [-0.4, -0.2) is 29.9 Å². The highest BCUT2D eigenvalue weighted by Crippen LogP contribution is 2.13. The predicted octanol–water partition coefficient (Wildman–Crippen LogP) is 1.33. The molecular weight excluding hydrogens is 274 g/mol. The molecule has 0 saturated carbocycles. The molecular formula is C11H10BrNO3. The van der Waals surface area contributed by atoms with Gasteiger partial charge in [0.25, 0.3) is 0 Å². The maximum atomic E-state index is 11.0. The second-order valence-electron chi connectivity index (χ2n) is 3.62. The van der Waals surface area contributed by atoms with E-state index < -0.39 is 11.9 Å². The average molecular weight is 284 g/mol. The molecule has 1 aliphatic rings. The topological polar surface area (TPSA) is 46.6 Å². The first-order valence-corrected chi connectivity index (χ1v) is 5.63. The number of hydrogen-bond acceptors (Lipinski definition) is 4. The molecule has 0 unspecified atom stereocenters. The second kappa shape index (κ2) is 4.76. The number of carbonyl (C=O) groups excluding carboxylic acids is 2. The largest absolute Gasteiger partial charge is 0.391 e. The van der Waals surface area contributed by atoms with E-state index in [2.05, 4.69) is 20.7 Å². The highest BCUT2D eigenvalue weighted by Gasteiger charge is 2.24. The number of nitrogens with zero attached hydrogens (tertiary/aromatic N) is 1. The van der Waals surface area contributed by atoms with Crippen LogP contribution in [0.15, 0.2) is 28.7 Å². The van der Waals surface area contributed by atoms with Gasteiger partial charge in [0.05, 0.1) is 13.1 Å². The van der Waals surface area contributed by atoms with Crippen molar-refractivity contribution in [2.45, 2.75) is 6.54 Å². The lowest BCUT2D eigenvalue weighted by atomic mass is 10.2. The van der Waals surface area contributed by atoms with Gasteiger partial charge in [-0.25, -0.2) is 0 Å². The molecule has 2 rings (SSSR count). The summed E-state index contributed by atoms with van der Waals surface area (Å²) in [6, 6.07) is 7.77. The van der Waals surface area contributed by atoms with Gasteiger partial charge in [-0.2, -0.15) is 0 Å². The van der Waals surface area contributed by atoms with E-state index in [-0.39, 0.29) is 13.1 Å². The van der Waals surface area contributed by atoms with Crippen LogP contribution in [-0.2, 0) is 20.9 Å². The summed E-state index contributed by atoms with van der Waals surface area (Å²) < 4.78 is 5.45. The molecule has 0 spiro atoms. The molecule has 4 nitrogen and oxygen atoms in total. The third-order valence-electron chi connectivity index (χ3n) is 2.25. The summed E-state index contributed by atoms with van der Waals surface area (Å²) in [5.41, 5.74) is 1.06. The van der Waals surface area contributed by atoms with Crippen LogP contribution in [0.2, 0.25) is 0 Å². The van der Waals surface area contributed by atoms with E-state index in [1.54, 1.807) is 4.90 Å². The minimum atomic E-state index is -0.478. The van der Waals surface area contributed by atoms with Crippen LogP contribution >= 0.6 is 15.9 Å². The molecule has 1 saturated heterocycles. The van der Waals surface area contributed by atoms with E-state index in [1.165, 1.54) is 0 Å². The number of carbonyl (C=O) groups is 2. The summed E-state index contributed by atoms with van der Waals surface area (Å²) in [5, 5.41) is 0. The maximum Gasteiger partial charge on any atom is 0.327 e. The molecule has 0 aliphatic carbocycles. The molecule has 0 atom stereocenters. The van der Waals surface area contributed by atoms with Gasteiger partial charge in [-0.3, -0.25) is 14.5 Å². The fourth-order valence-electron chi connectivity index (χ4n) is 1.57. The van der Waals surface area contributed by atoms with Gasteiger partial charge in [-0.15, -0.1) is 0 Å². The molecule has 0 N–H and O–H groups in total. The number of hydrogen-bond donors (Lipinski definition) is 0. The molecule has 0 radical (unpaired) electrons. The van der Waals surface area contributed by atoms with Crippen molar-refractivity contribution in [3.05, 3.63) is 34.3 Å². The lowest BCUT2D eigenvalue weighted by molar-refractivity contribution is -0.167. The van der Waals surface area contributed by atoms with Crippen molar-refractivity contribution in [3.8, 4) is 0 Å². The third-order valence-corrected chi connectivity index (χ3v) is 2.78. The van der Waals surface area contributed by atoms with Crippen molar-refractivity contribution in [1.82, 2.24) is 4.90 Å². The Morgan fingerprint density at radius 1 is 1.12 bits per heavy atom. The van der Waals surface area contributed by atoms with Gasteiger partial charge in [0.2, 0.25) is 0 Å². The molecule has 84 valence electrons. The Morgan fingerprint density at radius 2 is 1.69 bits per heavy atom. The Bertz CT molecular complexity index is 400. The zero-order valence-electron chi connectivity index (χ0n) is 8.48. The first-order chi connectivity index (χ1) is 7.63. The molecule has 0 aromatic heterocycles. The summed E-state index contributed by atoms with van der Waals surface area (Å²) in [6.45, 7) is 0.914. The Morgan fingerprint density at radius 3 is 2.25 bits per heavy atom. The maximum absolute atomic E-state index is 11.0. The van der Waals surface area contributed by atoms with Crippen molar-refractivity contribution in [2.24, 2.45) is 0 Å². The van der Waals surface area contributed by atoms with Crippen LogP contribution in [0.1, 0.15) is 5.56 Å². The van der Waals surface area contributed by atoms with E-state index >= 15 is 0 Å². The number of ether oxygens (including phenoxy) is 1. The van der Waals surface area contributed by atoms with Crippen LogP contribution < -0.4 is 0 Å². The molecule has 1 heterocycles. The monoisotopic (exact) mass is 283 g/mol. The quantitative estimate of drug-likeness (QED) is 0.607. The van der Waals surface area contributed by atoms with Crippen LogP contribution in [0.5, 0.6) is 0 Å². The Labute approximate surface area is 101 Å². The molecule has 0 bridgehead atoms. The zero-order valence-corrected chi connectivity index (χ0v) is 10.1. The highest BCUT2D eigenvalue weighted by atomic mass is 79.9. The van der Waals surface area contributed by atoms with Crippen LogP contribution in [0, 0.1) is 0 Å². The minimum absolute atomic E-state index is 0.168. The number of benzene rings is 1. The number of halogens is 1.